The van der Waals surface area contributed by atoms with E-state index in [0.29, 0.717) is 5.89 Å². The van der Waals surface area contributed by atoms with E-state index in [2.05, 4.69) is 25.5 Å². The molecular formula is C11H16N4O4. The minimum atomic E-state index is -0.760. The molecule has 8 heteroatoms. The fourth-order valence-electron chi connectivity index (χ4n) is 1.86. The highest BCUT2D eigenvalue weighted by atomic mass is 16.5. The van der Waals surface area contributed by atoms with Crippen molar-refractivity contribution in [2.75, 3.05) is 13.7 Å². The van der Waals surface area contributed by atoms with Crippen LogP contribution in [0.15, 0.2) is 4.52 Å². The summed E-state index contributed by atoms with van der Waals surface area (Å²) in [5, 5.41) is 9.23. The van der Waals surface area contributed by atoms with E-state index in [1.54, 1.807) is 0 Å². The van der Waals surface area contributed by atoms with Crippen molar-refractivity contribution in [2.24, 2.45) is 0 Å². The number of methoxy groups -OCH3 is 1. The number of amides is 1. The molecule has 0 aromatic carbocycles. The SMILES string of the molecule is COC(=O)C(C)NC(=O)c1noc(C2CCCN2)n1. The van der Waals surface area contributed by atoms with Crippen LogP contribution in [0.1, 0.15) is 42.3 Å². The molecule has 2 unspecified atom stereocenters. The number of ether oxygens (including phenoxy) is 1. The summed E-state index contributed by atoms with van der Waals surface area (Å²) in [6, 6.07) is -0.754. The van der Waals surface area contributed by atoms with Crippen LogP contribution >= 0.6 is 0 Å². The van der Waals surface area contributed by atoms with Gasteiger partial charge >= 0.3 is 5.97 Å². The summed E-state index contributed by atoms with van der Waals surface area (Å²) >= 11 is 0. The Morgan fingerprint density at radius 1 is 1.58 bits per heavy atom. The molecule has 104 valence electrons. The van der Waals surface area contributed by atoms with Crippen LogP contribution in [0.3, 0.4) is 0 Å². The normalized spacial score (nSPS) is 20.0. The van der Waals surface area contributed by atoms with E-state index < -0.39 is 17.9 Å². The van der Waals surface area contributed by atoms with Gasteiger partial charge in [-0.3, -0.25) is 4.79 Å². The fourth-order valence-corrected chi connectivity index (χ4v) is 1.86. The number of nitrogens with zero attached hydrogens (tertiary/aromatic N) is 2. The van der Waals surface area contributed by atoms with Crippen molar-refractivity contribution in [3.63, 3.8) is 0 Å². The Morgan fingerprint density at radius 3 is 3.00 bits per heavy atom. The maximum atomic E-state index is 11.8. The van der Waals surface area contributed by atoms with E-state index in [0.717, 1.165) is 19.4 Å². The van der Waals surface area contributed by atoms with Crippen LogP contribution in [-0.4, -0.2) is 41.7 Å². The third-order valence-electron chi connectivity index (χ3n) is 2.91. The summed E-state index contributed by atoms with van der Waals surface area (Å²) in [6.07, 6.45) is 1.94. The standard InChI is InChI=1S/C11H16N4O4/c1-6(11(17)18-2)13-9(16)8-14-10(19-15-8)7-4-3-5-12-7/h6-7,12H,3-5H2,1-2H3,(H,13,16). The molecule has 0 spiro atoms. The Kier molecular flexibility index (Phi) is 4.10. The van der Waals surface area contributed by atoms with Gasteiger partial charge < -0.3 is 19.9 Å². The molecule has 2 N–H and O–H groups in total. The summed E-state index contributed by atoms with van der Waals surface area (Å²) in [7, 11) is 1.25. The lowest BCUT2D eigenvalue weighted by atomic mass is 10.2. The summed E-state index contributed by atoms with van der Waals surface area (Å²) in [5.41, 5.74) is 0. The first-order valence-corrected chi connectivity index (χ1v) is 6.07. The predicted octanol–water partition coefficient (Wildman–Crippen LogP) is -0.215. The fraction of sp³-hybridized carbons (Fsp3) is 0.636. The summed E-state index contributed by atoms with van der Waals surface area (Å²) in [5.74, 6) is -0.784. The third kappa shape index (κ3) is 3.08. The van der Waals surface area contributed by atoms with Crippen molar-refractivity contribution in [1.82, 2.24) is 20.8 Å². The number of carbonyl (C=O) groups excluding carboxylic acids is 2. The van der Waals surface area contributed by atoms with E-state index >= 15 is 0 Å². The van der Waals surface area contributed by atoms with E-state index in [4.69, 9.17) is 4.52 Å². The zero-order chi connectivity index (χ0) is 13.8. The number of rotatable bonds is 4. The highest BCUT2D eigenvalue weighted by molar-refractivity contribution is 5.93. The van der Waals surface area contributed by atoms with Crippen LogP contribution in [0.25, 0.3) is 0 Å². The average Bonchev–Trinajstić information content (AvgIpc) is 3.07. The third-order valence-corrected chi connectivity index (χ3v) is 2.91. The van der Waals surface area contributed by atoms with E-state index in [1.807, 2.05) is 0 Å². The molecule has 19 heavy (non-hydrogen) atoms. The van der Waals surface area contributed by atoms with Crippen molar-refractivity contribution in [1.29, 1.82) is 0 Å². The minimum Gasteiger partial charge on any atom is -0.467 e. The van der Waals surface area contributed by atoms with E-state index in [-0.39, 0.29) is 11.9 Å². The van der Waals surface area contributed by atoms with Gasteiger partial charge in [-0.2, -0.15) is 4.98 Å². The first kappa shape index (κ1) is 13.5. The molecule has 2 rings (SSSR count). The lowest BCUT2D eigenvalue weighted by molar-refractivity contribution is -0.142. The lowest BCUT2D eigenvalue weighted by Crippen LogP contribution is -2.39. The molecule has 1 saturated heterocycles. The van der Waals surface area contributed by atoms with Crippen molar-refractivity contribution in [2.45, 2.75) is 31.8 Å². The second kappa shape index (κ2) is 5.79. The van der Waals surface area contributed by atoms with E-state index in [9.17, 15) is 9.59 Å². The van der Waals surface area contributed by atoms with Crippen molar-refractivity contribution in [3.05, 3.63) is 11.7 Å². The monoisotopic (exact) mass is 268 g/mol. The summed E-state index contributed by atoms with van der Waals surface area (Å²) < 4.78 is 9.54. The number of hydrogen-bond acceptors (Lipinski definition) is 7. The topological polar surface area (TPSA) is 106 Å². The van der Waals surface area contributed by atoms with Gasteiger partial charge in [0.2, 0.25) is 5.89 Å². The smallest absolute Gasteiger partial charge is 0.328 e. The minimum absolute atomic E-state index is 0.00656. The van der Waals surface area contributed by atoms with Gasteiger partial charge in [-0.15, -0.1) is 0 Å². The summed E-state index contributed by atoms with van der Waals surface area (Å²) in [4.78, 5) is 27.0. The zero-order valence-corrected chi connectivity index (χ0v) is 10.8. The zero-order valence-electron chi connectivity index (χ0n) is 10.8. The molecule has 2 heterocycles. The van der Waals surface area contributed by atoms with Crippen LogP contribution in [0.4, 0.5) is 0 Å². The quantitative estimate of drug-likeness (QED) is 0.727. The number of carbonyl (C=O) groups is 2. The highest BCUT2D eigenvalue weighted by Gasteiger charge is 2.25. The number of nitrogens with one attached hydrogen (secondary N) is 2. The molecule has 1 aromatic heterocycles. The highest BCUT2D eigenvalue weighted by Crippen LogP contribution is 2.20. The molecule has 8 nitrogen and oxygen atoms in total. The second-order valence-electron chi connectivity index (χ2n) is 4.32. The molecule has 0 radical (unpaired) electrons. The van der Waals surface area contributed by atoms with Crippen LogP contribution < -0.4 is 10.6 Å². The number of esters is 1. The molecule has 1 fully saturated rings. The largest absolute Gasteiger partial charge is 0.467 e. The van der Waals surface area contributed by atoms with Gasteiger partial charge in [0.05, 0.1) is 13.2 Å². The molecule has 0 saturated carbocycles. The molecule has 0 aliphatic carbocycles. The molecule has 1 aliphatic rings. The lowest BCUT2D eigenvalue weighted by Gasteiger charge is -2.09. The predicted molar refractivity (Wildman–Crippen MR) is 63.2 cm³/mol. The Bertz CT molecular complexity index is 467. The number of hydrogen-bond donors (Lipinski definition) is 2. The maximum Gasteiger partial charge on any atom is 0.328 e. The van der Waals surface area contributed by atoms with Crippen molar-refractivity contribution >= 4 is 11.9 Å². The van der Waals surface area contributed by atoms with Crippen LogP contribution in [-0.2, 0) is 9.53 Å². The number of aromatic nitrogens is 2. The molecule has 1 amide bonds. The van der Waals surface area contributed by atoms with Gasteiger partial charge in [-0.05, 0) is 26.3 Å². The van der Waals surface area contributed by atoms with Crippen LogP contribution in [0.5, 0.6) is 0 Å². The van der Waals surface area contributed by atoms with Gasteiger partial charge in [-0.25, -0.2) is 4.79 Å². The molecular weight excluding hydrogens is 252 g/mol. The van der Waals surface area contributed by atoms with Gasteiger partial charge in [-0.1, -0.05) is 5.16 Å². The first-order valence-electron chi connectivity index (χ1n) is 6.07. The Balaban J connectivity index is 1.97. The van der Waals surface area contributed by atoms with Gasteiger partial charge in [0.1, 0.15) is 6.04 Å². The average molecular weight is 268 g/mol. The van der Waals surface area contributed by atoms with Gasteiger partial charge in [0, 0.05) is 0 Å². The van der Waals surface area contributed by atoms with E-state index in [1.165, 1.54) is 14.0 Å². The molecule has 1 aliphatic heterocycles. The van der Waals surface area contributed by atoms with Crippen molar-refractivity contribution < 1.29 is 18.8 Å². The van der Waals surface area contributed by atoms with Crippen LogP contribution in [0, 0.1) is 0 Å². The molecule has 2 atom stereocenters. The molecule has 0 bridgehead atoms. The second-order valence-corrected chi connectivity index (χ2v) is 4.32. The maximum absolute atomic E-state index is 11.8. The molecule has 1 aromatic rings. The Morgan fingerprint density at radius 2 is 2.37 bits per heavy atom. The first-order chi connectivity index (χ1) is 9.11. The Hall–Kier alpha value is -1.96. The Labute approximate surface area is 109 Å². The van der Waals surface area contributed by atoms with Crippen LogP contribution in [0.2, 0.25) is 0 Å². The summed E-state index contributed by atoms with van der Waals surface area (Å²) in [6.45, 7) is 2.41. The van der Waals surface area contributed by atoms with Crippen molar-refractivity contribution in [3.8, 4) is 0 Å². The van der Waals surface area contributed by atoms with Gasteiger partial charge in [0.15, 0.2) is 0 Å². The van der Waals surface area contributed by atoms with Gasteiger partial charge in [0.25, 0.3) is 11.7 Å².